The van der Waals surface area contributed by atoms with E-state index in [1.54, 1.807) is 7.05 Å². The molecule has 0 atom stereocenters. The number of H-pyrrole nitrogens is 1. The average molecular weight is 216 g/mol. The number of ketones is 1. The van der Waals surface area contributed by atoms with Gasteiger partial charge in [0, 0.05) is 10.9 Å². The monoisotopic (exact) mass is 216 g/mol. The molecule has 0 aliphatic carbocycles. The fraction of sp³-hybridized carbons (Fsp3) is 0.308. The molecule has 0 saturated carbocycles. The van der Waals surface area contributed by atoms with E-state index in [0.29, 0.717) is 12.2 Å². The summed E-state index contributed by atoms with van der Waals surface area (Å²) < 4.78 is 0. The molecule has 3 heteroatoms. The third-order valence-corrected chi connectivity index (χ3v) is 2.73. The van der Waals surface area contributed by atoms with Crippen molar-refractivity contribution in [1.82, 2.24) is 10.3 Å². The number of aromatic amines is 1. The lowest BCUT2D eigenvalue weighted by Crippen LogP contribution is -2.18. The Morgan fingerprint density at radius 3 is 2.75 bits per heavy atom. The largest absolute Gasteiger partial charge is 0.352 e. The van der Waals surface area contributed by atoms with Gasteiger partial charge in [-0.25, -0.2) is 0 Å². The van der Waals surface area contributed by atoms with Crippen LogP contribution in [-0.2, 0) is 0 Å². The Balaban J connectivity index is 2.51. The van der Waals surface area contributed by atoms with Gasteiger partial charge in [-0.05, 0) is 44.2 Å². The predicted molar refractivity (Wildman–Crippen MR) is 66.0 cm³/mol. The van der Waals surface area contributed by atoms with Crippen molar-refractivity contribution in [3.8, 4) is 0 Å². The van der Waals surface area contributed by atoms with Crippen molar-refractivity contribution in [2.75, 3.05) is 13.6 Å². The molecule has 0 radical (unpaired) electrons. The molecule has 0 bridgehead atoms. The van der Waals surface area contributed by atoms with E-state index in [1.807, 2.05) is 6.07 Å². The van der Waals surface area contributed by atoms with E-state index in [4.69, 9.17) is 0 Å². The topological polar surface area (TPSA) is 44.9 Å². The van der Waals surface area contributed by atoms with Gasteiger partial charge in [-0.15, -0.1) is 0 Å². The smallest absolute Gasteiger partial charge is 0.192 e. The number of aromatic nitrogens is 1. The van der Waals surface area contributed by atoms with E-state index in [1.165, 1.54) is 11.1 Å². The number of rotatable bonds is 3. The molecule has 16 heavy (non-hydrogen) atoms. The maximum atomic E-state index is 11.7. The van der Waals surface area contributed by atoms with Gasteiger partial charge in [-0.1, -0.05) is 6.07 Å². The summed E-state index contributed by atoms with van der Waals surface area (Å²) in [4.78, 5) is 14.9. The van der Waals surface area contributed by atoms with E-state index >= 15 is 0 Å². The Kier molecular flexibility index (Phi) is 2.79. The van der Waals surface area contributed by atoms with Gasteiger partial charge in [0.05, 0.1) is 12.2 Å². The lowest BCUT2D eigenvalue weighted by atomic mass is 10.1. The normalized spacial score (nSPS) is 10.9. The summed E-state index contributed by atoms with van der Waals surface area (Å²) in [5, 5.41) is 4.00. The zero-order valence-corrected chi connectivity index (χ0v) is 9.85. The quantitative estimate of drug-likeness (QED) is 0.772. The summed E-state index contributed by atoms with van der Waals surface area (Å²) in [7, 11) is 1.77. The number of aryl methyl sites for hydroxylation is 2. The van der Waals surface area contributed by atoms with Gasteiger partial charge in [0.25, 0.3) is 0 Å². The summed E-state index contributed by atoms with van der Waals surface area (Å²) in [5.74, 6) is 0.0933. The van der Waals surface area contributed by atoms with Crippen molar-refractivity contribution in [3.63, 3.8) is 0 Å². The van der Waals surface area contributed by atoms with Crippen LogP contribution in [0.25, 0.3) is 10.9 Å². The first-order valence-corrected chi connectivity index (χ1v) is 5.39. The molecule has 2 N–H and O–H groups in total. The first-order valence-electron chi connectivity index (χ1n) is 5.39. The maximum absolute atomic E-state index is 11.7. The van der Waals surface area contributed by atoms with Gasteiger partial charge in [0.1, 0.15) is 0 Å². The van der Waals surface area contributed by atoms with E-state index in [9.17, 15) is 4.79 Å². The second-order valence-electron chi connectivity index (χ2n) is 4.18. The number of fused-ring (bicyclic) bond motifs is 1. The summed E-state index contributed by atoms with van der Waals surface area (Å²) >= 11 is 0. The number of benzene rings is 1. The third kappa shape index (κ3) is 1.86. The van der Waals surface area contributed by atoms with Crippen molar-refractivity contribution in [2.24, 2.45) is 0 Å². The lowest BCUT2D eigenvalue weighted by Gasteiger charge is -1.97. The summed E-state index contributed by atoms with van der Waals surface area (Å²) in [5.41, 5.74) is 4.13. The summed E-state index contributed by atoms with van der Waals surface area (Å²) in [6.07, 6.45) is 0. The molecule has 0 saturated heterocycles. The van der Waals surface area contributed by atoms with E-state index in [0.717, 1.165) is 10.9 Å². The highest BCUT2D eigenvalue weighted by molar-refractivity contribution is 6.01. The van der Waals surface area contributed by atoms with Gasteiger partial charge < -0.3 is 10.3 Å². The molecule has 0 spiro atoms. The number of hydrogen-bond acceptors (Lipinski definition) is 2. The standard InChI is InChI=1S/C13H16N2O/c1-8-4-9(2)10-6-12(13(16)7-14-3)15-11(10)5-8/h4-6,14-15H,7H2,1-3H3. The molecule has 1 aromatic heterocycles. The van der Waals surface area contributed by atoms with Crippen LogP contribution in [-0.4, -0.2) is 24.4 Å². The maximum Gasteiger partial charge on any atom is 0.192 e. The Hall–Kier alpha value is -1.61. The van der Waals surface area contributed by atoms with Crippen molar-refractivity contribution in [1.29, 1.82) is 0 Å². The number of likely N-dealkylation sites (N-methyl/N-ethyl adjacent to an activating group) is 1. The highest BCUT2D eigenvalue weighted by Crippen LogP contribution is 2.21. The minimum absolute atomic E-state index is 0.0933. The molecule has 0 aliphatic heterocycles. The van der Waals surface area contributed by atoms with Crippen LogP contribution < -0.4 is 5.32 Å². The molecule has 84 valence electrons. The van der Waals surface area contributed by atoms with E-state index < -0.39 is 0 Å². The zero-order chi connectivity index (χ0) is 11.7. The molecule has 1 heterocycles. The number of nitrogens with one attached hydrogen (secondary N) is 2. The molecule has 2 aromatic rings. The van der Waals surface area contributed by atoms with Gasteiger partial charge >= 0.3 is 0 Å². The Morgan fingerprint density at radius 1 is 1.31 bits per heavy atom. The summed E-state index contributed by atoms with van der Waals surface area (Å²) in [6.45, 7) is 4.49. The lowest BCUT2D eigenvalue weighted by molar-refractivity contribution is 0.0989. The van der Waals surface area contributed by atoms with Crippen LogP contribution in [0.4, 0.5) is 0 Å². The van der Waals surface area contributed by atoms with Crippen LogP contribution in [0.2, 0.25) is 0 Å². The average Bonchev–Trinajstić information content (AvgIpc) is 2.62. The van der Waals surface area contributed by atoms with Crippen molar-refractivity contribution in [2.45, 2.75) is 13.8 Å². The fourth-order valence-electron chi connectivity index (χ4n) is 2.01. The molecule has 2 rings (SSSR count). The van der Waals surface area contributed by atoms with Crippen molar-refractivity contribution < 1.29 is 4.79 Å². The number of carbonyl (C=O) groups excluding carboxylic acids is 1. The number of Topliss-reactive ketones (excluding diaryl/α,β-unsaturated/α-hetero) is 1. The van der Waals surface area contributed by atoms with Crippen molar-refractivity contribution in [3.05, 3.63) is 35.0 Å². The fourth-order valence-corrected chi connectivity index (χ4v) is 2.01. The van der Waals surface area contributed by atoms with E-state index in [2.05, 4.69) is 36.3 Å². The minimum atomic E-state index is 0.0933. The van der Waals surface area contributed by atoms with Crippen molar-refractivity contribution >= 4 is 16.7 Å². The second-order valence-corrected chi connectivity index (χ2v) is 4.18. The number of hydrogen-bond donors (Lipinski definition) is 2. The van der Waals surface area contributed by atoms with Crippen LogP contribution in [0.5, 0.6) is 0 Å². The highest BCUT2D eigenvalue weighted by Gasteiger charge is 2.09. The Bertz CT molecular complexity index is 540. The Morgan fingerprint density at radius 2 is 2.06 bits per heavy atom. The molecule has 1 aromatic carbocycles. The zero-order valence-electron chi connectivity index (χ0n) is 9.85. The van der Waals surface area contributed by atoms with Crippen LogP contribution in [0.1, 0.15) is 21.6 Å². The van der Waals surface area contributed by atoms with Crippen LogP contribution in [0.15, 0.2) is 18.2 Å². The molecule has 0 aliphatic rings. The SMILES string of the molecule is CNCC(=O)c1cc2c(C)cc(C)cc2[nH]1. The van der Waals surface area contributed by atoms with Crippen LogP contribution >= 0.6 is 0 Å². The molecule has 0 fully saturated rings. The number of carbonyl (C=O) groups is 1. The van der Waals surface area contributed by atoms with Gasteiger partial charge in [-0.2, -0.15) is 0 Å². The summed E-state index contributed by atoms with van der Waals surface area (Å²) in [6, 6.07) is 6.13. The van der Waals surface area contributed by atoms with Crippen LogP contribution in [0, 0.1) is 13.8 Å². The first kappa shape index (κ1) is 10.9. The Labute approximate surface area is 94.9 Å². The van der Waals surface area contributed by atoms with Crippen LogP contribution in [0.3, 0.4) is 0 Å². The van der Waals surface area contributed by atoms with Gasteiger partial charge in [0.2, 0.25) is 0 Å². The molecule has 3 nitrogen and oxygen atoms in total. The molecule has 0 amide bonds. The minimum Gasteiger partial charge on any atom is -0.352 e. The highest BCUT2D eigenvalue weighted by atomic mass is 16.1. The third-order valence-electron chi connectivity index (χ3n) is 2.73. The van der Waals surface area contributed by atoms with Gasteiger partial charge in [-0.3, -0.25) is 4.79 Å². The van der Waals surface area contributed by atoms with Gasteiger partial charge in [0.15, 0.2) is 5.78 Å². The molecular weight excluding hydrogens is 200 g/mol. The first-order chi connectivity index (χ1) is 7.61. The molecular formula is C13H16N2O. The second kappa shape index (κ2) is 4.10. The predicted octanol–water partition coefficient (Wildman–Crippen LogP) is 2.19. The molecule has 0 unspecified atom stereocenters. The van der Waals surface area contributed by atoms with E-state index in [-0.39, 0.29) is 5.78 Å².